The van der Waals surface area contributed by atoms with Gasteiger partial charge in [-0.05, 0) is 19.3 Å². The first-order valence-corrected chi connectivity index (χ1v) is 6.29. The van der Waals surface area contributed by atoms with Crippen molar-refractivity contribution in [3.05, 3.63) is 11.5 Å². The Kier molecular flexibility index (Phi) is 7.78. The van der Waals surface area contributed by atoms with Gasteiger partial charge in [0.2, 0.25) is 0 Å². The van der Waals surface area contributed by atoms with Crippen LogP contribution in [0.15, 0.2) is 0 Å². The molecule has 0 aromatic carbocycles. The van der Waals surface area contributed by atoms with Crippen LogP contribution in [0.5, 0.6) is 0 Å². The maximum absolute atomic E-state index is 10.4. The minimum atomic E-state index is -1.44. The molecule has 0 aromatic rings. The van der Waals surface area contributed by atoms with Gasteiger partial charge in [0, 0.05) is 0 Å². The van der Waals surface area contributed by atoms with Crippen LogP contribution < -0.4 is 0 Å². The largest absolute Gasteiger partial charge is 2.00 e. The van der Waals surface area contributed by atoms with Gasteiger partial charge in [-0.1, -0.05) is 25.7 Å². The van der Waals surface area contributed by atoms with Crippen molar-refractivity contribution in [1.29, 1.82) is 0 Å². The van der Waals surface area contributed by atoms with Gasteiger partial charge in [0.25, 0.3) is 0 Å². The van der Waals surface area contributed by atoms with Crippen LogP contribution in [-0.4, -0.2) is 34.2 Å². The van der Waals surface area contributed by atoms with E-state index in [1.165, 1.54) is 12.8 Å². The van der Waals surface area contributed by atoms with Gasteiger partial charge < -0.3 is 21.7 Å². The zero-order valence-electron chi connectivity index (χ0n) is 10.6. The second-order valence-corrected chi connectivity index (χ2v) is 5.04. The van der Waals surface area contributed by atoms with E-state index in [0.29, 0.717) is 6.42 Å². The number of rotatable bonds is 2. The fourth-order valence-corrected chi connectivity index (χ4v) is 2.18. The third kappa shape index (κ3) is 4.55. The van der Waals surface area contributed by atoms with E-state index in [2.05, 4.69) is 0 Å². The molecule has 0 aromatic heterocycles. The molecule has 0 amide bonds. The summed E-state index contributed by atoms with van der Waals surface area (Å²) in [5.41, 5.74) is 13.1. The van der Waals surface area contributed by atoms with Crippen LogP contribution in [0.4, 0.5) is 0 Å². The van der Waals surface area contributed by atoms with E-state index in [9.17, 15) is 9.59 Å². The molecule has 2 saturated carbocycles. The Morgan fingerprint density at radius 2 is 1.26 bits per heavy atom. The molecule has 2 aliphatic carbocycles. The fraction of sp³-hybridized carbons (Fsp3) is 0.833. The summed E-state index contributed by atoms with van der Waals surface area (Å²) in [6.07, 6.45) is 5.50. The van der Waals surface area contributed by atoms with E-state index in [4.69, 9.17) is 21.7 Å². The standard InChI is InChI=1S/C6H12N2.C6H8O4.Pt/c7-5-3-1-2-4-6(5)8;7-4(8)6(5(9)10)2-1-3-6;/h5-8H,1-4H2;1-3H2,(H,7,8)(H,9,10);/q-2;;+2/t5-,6-;;/m0../s1. The molecule has 19 heavy (non-hydrogen) atoms. The van der Waals surface area contributed by atoms with E-state index in [1.807, 2.05) is 0 Å². The Labute approximate surface area is 127 Å². The number of carbonyl (C=O) groups is 2. The van der Waals surface area contributed by atoms with E-state index >= 15 is 0 Å². The molecule has 0 aliphatic heterocycles. The number of nitrogens with one attached hydrogen (secondary N) is 2. The second-order valence-electron chi connectivity index (χ2n) is 5.04. The summed E-state index contributed by atoms with van der Waals surface area (Å²) >= 11 is 0. The topological polar surface area (TPSA) is 122 Å². The van der Waals surface area contributed by atoms with Crippen molar-refractivity contribution in [3.63, 3.8) is 0 Å². The second kappa shape index (κ2) is 7.97. The number of carboxylic acids is 2. The van der Waals surface area contributed by atoms with Crippen molar-refractivity contribution in [2.24, 2.45) is 5.41 Å². The van der Waals surface area contributed by atoms with Crippen molar-refractivity contribution in [2.45, 2.75) is 57.0 Å². The van der Waals surface area contributed by atoms with E-state index < -0.39 is 17.4 Å². The summed E-state index contributed by atoms with van der Waals surface area (Å²) < 4.78 is 0. The molecule has 112 valence electrons. The quantitative estimate of drug-likeness (QED) is 0.627. The summed E-state index contributed by atoms with van der Waals surface area (Å²) in [4.78, 5) is 20.7. The normalized spacial score (nSPS) is 27.9. The Hall–Kier alpha value is -0.452. The van der Waals surface area contributed by atoms with Crippen LogP contribution in [0.3, 0.4) is 0 Å². The molecule has 2 aliphatic rings. The molecule has 0 unspecified atom stereocenters. The fourth-order valence-electron chi connectivity index (χ4n) is 2.18. The number of hydrogen-bond donors (Lipinski definition) is 2. The Morgan fingerprint density at radius 1 is 0.895 bits per heavy atom. The predicted molar refractivity (Wildman–Crippen MR) is 66.2 cm³/mol. The Morgan fingerprint density at radius 3 is 1.37 bits per heavy atom. The van der Waals surface area contributed by atoms with Crippen molar-refractivity contribution in [3.8, 4) is 0 Å². The van der Waals surface area contributed by atoms with Crippen LogP contribution in [0.25, 0.3) is 11.5 Å². The maximum Gasteiger partial charge on any atom is 2.00 e. The molecule has 7 heteroatoms. The van der Waals surface area contributed by atoms with E-state index in [0.717, 1.165) is 12.8 Å². The van der Waals surface area contributed by atoms with Gasteiger partial charge in [0.15, 0.2) is 5.41 Å². The van der Waals surface area contributed by atoms with Crippen LogP contribution in [0.2, 0.25) is 0 Å². The SMILES string of the molecule is O=C(O)C1(C(=O)O)CCC1.[NH-][C@H]1CCCC[C@@H]1[NH-].[Pt+2]. The smallest absolute Gasteiger partial charge is 0.676 e. The summed E-state index contributed by atoms with van der Waals surface area (Å²) in [6, 6.07) is -0.160. The summed E-state index contributed by atoms with van der Waals surface area (Å²) in [5.74, 6) is -2.41. The van der Waals surface area contributed by atoms with Crippen molar-refractivity contribution < 1.29 is 40.9 Å². The molecular weight excluding hydrogens is 431 g/mol. The van der Waals surface area contributed by atoms with Crippen LogP contribution in [0.1, 0.15) is 44.9 Å². The summed E-state index contributed by atoms with van der Waals surface area (Å²) in [7, 11) is 0. The van der Waals surface area contributed by atoms with Gasteiger partial charge >= 0.3 is 33.0 Å². The van der Waals surface area contributed by atoms with E-state index in [-0.39, 0.29) is 46.0 Å². The molecule has 6 nitrogen and oxygen atoms in total. The first-order valence-electron chi connectivity index (χ1n) is 6.29. The van der Waals surface area contributed by atoms with Gasteiger partial charge in [-0.15, -0.1) is 0 Å². The third-order valence-corrected chi connectivity index (χ3v) is 3.79. The number of aliphatic carboxylic acids is 2. The van der Waals surface area contributed by atoms with Crippen LogP contribution in [0, 0.1) is 5.41 Å². The molecule has 0 saturated heterocycles. The summed E-state index contributed by atoms with van der Waals surface area (Å²) in [5, 5.41) is 16.9. The molecule has 2 rings (SSSR count). The Bertz CT molecular complexity index is 295. The minimum Gasteiger partial charge on any atom is -0.676 e. The molecule has 0 heterocycles. The first-order chi connectivity index (χ1) is 8.40. The van der Waals surface area contributed by atoms with Crippen molar-refractivity contribution in [2.75, 3.05) is 0 Å². The first kappa shape index (κ1) is 18.5. The summed E-state index contributed by atoms with van der Waals surface area (Å²) in [6.45, 7) is 0. The van der Waals surface area contributed by atoms with Gasteiger partial charge in [-0.2, -0.15) is 12.1 Å². The number of hydrogen-bond acceptors (Lipinski definition) is 2. The molecular formula is C12H20N2O4Pt. The van der Waals surface area contributed by atoms with E-state index in [1.54, 1.807) is 0 Å². The monoisotopic (exact) mass is 451 g/mol. The molecule has 2 atom stereocenters. The van der Waals surface area contributed by atoms with Crippen LogP contribution >= 0.6 is 0 Å². The number of carboxylic acid groups (broad SMARTS) is 2. The third-order valence-electron chi connectivity index (χ3n) is 3.79. The average molecular weight is 451 g/mol. The van der Waals surface area contributed by atoms with Gasteiger partial charge in [-0.25, -0.2) is 0 Å². The zero-order valence-corrected chi connectivity index (χ0v) is 12.9. The molecule has 2 fully saturated rings. The van der Waals surface area contributed by atoms with Crippen molar-refractivity contribution >= 4 is 11.9 Å². The molecule has 0 bridgehead atoms. The predicted octanol–water partition coefficient (Wildman–Crippen LogP) is 2.73. The van der Waals surface area contributed by atoms with Gasteiger partial charge in [-0.3, -0.25) is 9.59 Å². The molecule has 4 N–H and O–H groups in total. The molecule has 0 radical (unpaired) electrons. The molecule has 0 spiro atoms. The Balaban J connectivity index is 0.000000331. The van der Waals surface area contributed by atoms with Crippen LogP contribution in [-0.2, 0) is 30.7 Å². The van der Waals surface area contributed by atoms with Gasteiger partial charge in [0.1, 0.15) is 0 Å². The van der Waals surface area contributed by atoms with Crippen molar-refractivity contribution in [1.82, 2.24) is 0 Å². The van der Waals surface area contributed by atoms with Gasteiger partial charge in [0.05, 0.1) is 0 Å². The maximum atomic E-state index is 10.4. The zero-order chi connectivity index (χ0) is 13.8. The average Bonchev–Trinajstić information content (AvgIpc) is 2.20. The minimum absolute atomic E-state index is 0.